The lowest BCUT2D eigenvalue weighted by Gasteiger charge is -2.02. The van der Waals surface area contributed by atoms with Crippen molar-refractivity contribution in [3.05, 3.63) is 40.1 Å². The van der Waals surface area contributed by atoms with Crippen LogP contribution in [0.3, 0.4) is 0 Å². The normalized spacial score (nSPS) is 10.0. The van der Waals surface area contributed by atoms with Crippen molar-refractivity contribution in [3.63, 3.8) is 0 Å². The predicted molar refractivity (Wildman–Crippen MR) is 58.6 cm³/mol. The molecular formula is C9H10BrClN2. The fourth-order valence-electron chi connectivity index (χ4n) is 0.875. The second kappa shape index (κ2) is 5.37. The standard InChI is InChI=1S/C9H10BrClN2/c1-7(11)5-12-6-8-3-2-4-9(10)13-8/h2-4,12H,1,5-6H2. The summed E-state index contributed by atoms with van der Waals surface area (Å²) in [7, 11) is 0. The molecule has 0 aliphatic heterocycles. The lowest BCUT2D eigenvalue weighted by Crippen LogP contribution is -2.15. The Kier molecular flexibility index (Phi) is 4.42. The van der Waals surface area contributed by atoms with E-state index in [0.29, 0.717) is 18.1 Å². The molecule has 70 valence electrons. The molecule has 0 amide bonds. The van der Waals surface area contributed by atoms with Crippen LogP contribution in [-0.4, -0.2) is 11.5 Å². The summed E-state index contributed by atoms with van der Waals surface area (Å²) in [5.41, 5.74) is 0.979. The van der Waals surface area contributed by atoms with E-state index in [-0.39, 0.29) is 0 Å². The summed E-state index contributed by atoms with van der Waals surface area (Å²) < 4.78 is 0.844. The van der Waals surface area contributed by atoms with Gasteiger partial charge >= 0.3 is 0 Å². The van der Waals surface area contributed by atoms with E-state index in [4.69, 9.17) is 11.6 Å². The Morgan fingerprint density at radius 3 is 3.00 bits per heavy atom. The van der Waals surface area contributed by atoms with E-state index in [1.807, 2.05) is 18.2 Å². The molecule has 0 atom stereocenters. The van der Waals surface area contributed by atoms with Crippen molar-refractivity contribution in [2.75, 3.05) is 6.54 Å². The first-order valence-corrected chi connectivity index (χ1v) is 5.01. The summed E-state index contributed by atoms with van der Waals surface area (Å²) in [5, 5.41) is 3.72. The zero-order valence-corrected chi connectivity index (χ0v) is 9.40. The van der Waals surface area contributed by atoms with Gasteiger partial charge in [-0.3, -0.25) is 0 Å². The van der Waals surface area contributed by atoms with Gasteiger partial charge in [0.25, 0.3) is 0 Å². The van der Waals surface area contributed by atoms with Gasteiger partial charge in [-0.15, -0.1) is 0 Å². The van der Waals surface area contributed by atoms with E-state index in [2.05, 4.69) is 32.8 Å². The van der Waals surface area contributed by atoms with Crippen LogP contribution in [0, 0.1) is 0 Å². The van der Waals surface area contributed by atoms with Gasteiger partial charge in [-0.25, -0.2) is 4.98 Å². The van der Waals surface area contributed by atoms with Gasteiger partial charge in [0.15, 0.2) is 0 Å². The highest BCUT2D eigenvalue weighted by Crippen LogP contribution is 2.05. The number of aromatic nitrogens is 1. The van der Waals surface area contributed by atoms with Crippen molar-refractivity contribution < 1.29 is 0 Å². The van der Waals surface area contributed by atoms with Crippen LogP contribution in [0.15, 0.2) is 34.4 Å². The topological polar surface area (TPSA) is 24.9 Å². The minimum atomic E-state index is 0.606. The van der Waals surface area contributed by atoms with Gasteiger partial charge < -0.3 is 5.32 Å². The summed E-state index contributed by atoms with van der Waals surface area (Å²) in [6.07, 6.45) is 0. The molecule has 2 nitrogen and oxygen atoms in total. The van der Waals surface area contributed by atoms with Crippen molar-refractivity contribution in [1.29, 1.82) is 0 Å². The Morgan fingerprint density at radius 1 is 1.62 bits per heavy atom. The van der Waals surface area contributed by atoms with Gasteiger partial charge in [0, 0.05) is 18.1 Å². The van der Waals surface area contributed by atoms with Crippen LogP contribution in [0.2, 0.25) is 0 Å². The lowest BCUT2D eigenvalue weighted by atomic mass is 10.3. The molecule has 0 radical (unpaired) electrons. The highest BCUT2D eigenvalue weighted by Gasteiger charge is 1.94. The number of rotatable bonds is 4. The maximum absolute atomic E-state index is 5.59. The highest BCUT2D eigenvalue weighted by atomic mass is 79.9. The Hall–Kier alpha value is -0.380. The Morgan fingerprint density at radius 2 is 2.38 bits per heavy atom. The summed E-state index contributed by atoms with van der Waals surface area (Å²) >= 11 is 8.89. The number of nitrogens with one attached hydrogen (secondary N) is 1. The molecule has 0 saturated carbocycles. The first kappa shape index (κ1) is 10.7. The third kappa shape index (κ3) is 4.41. The molecule has 0 unspecified atom stereocenters. The third-order valence-electron chi connectivity index (χ3n) is 1.40. The van der Waals surface area contributed by atoms with E-state index in [1.54, 1.807) is 0 Å². The number of halogens is 2. The Labute approximate surface area is 91.1 Å². The Balaban J connectivity index is 2.41. The predicted octanol–water partition coefficient (Wildman–Crippen LogP) is 2.69. The molecule has 4 heteroatoms. The molecule has 0 saturated heterocycles. The van der Waals surface area contributed by atoms with Gasteiger partial charge in [0.1, 0.15) is 4.60 Å². The molecule has 13 heavy (non-hydrogen) atoms. The summed E-state index contributed by atoms with van der Waals surface area (Å²) in [6.45, 7) is 4.88. The van der Waals surface area contributed by atoms with Crippen LogP contribution < -0.4 is 5.32 Å². The van der Waals surface area contributed by atoms with E-state index in [1.165, 1.54) is 0 Å². The molecule has 0 aromatic carbocycles. The molecule has 0 bridgehead atoms. The first-order valence-electron chi connectivity index (χ1n) is 3.84. The summed E-state index contributed by atoms with van der Waals surface area (Å²) in [6, 6.07) is 5.79. The van der Waals surface area contributed by atoms with Crippen molar-refractivity contribution in [1.82, 2.24) is 10.3 Å². The minimum absolute atomic E-state index is 0.606. The van der Waals surface area contributed by atoms with Crippen molar-refractivity contribution in [3.8, 4) is 0 Å². The highest BCUT2D eigenvalue weighted by molar-refractivity contribution is 9.10. The summed E-state index contributed by atoms with van der Waals surface area (Å²) in [4.78, 5) is 4.25. The zero-order valence-electron chi connectivity index (χ0n) is 7.06. The molecule has 1 aromatic rings. The first-order chi connectivity index (χ1) is 6.18. The van der Waals surface area contributed by atoms with Crippen LogP contribution in [0.1, 0.15) is 5.69 Å². The van der Waals surface area contributed by atoms with Crippen LogP contribution in [0.4, 0.5) is 0 Å². The SMILES string of the molecule is C=C(Cl)CNCc1cccc(Br)n1. The molecule has 1 heterocycles. The van der Waals surface area contributed by atoms with Gasteiger partial charge in [-0.1, -0.05) is 24.2 Å². The van der Waals surface area contributed by atoms with Crippen molar-refractivity contribution >= 4 is 27.5 Å². The molecule has 1 rings (SSSR count). The molecule has 0 fully saturated rings. The fraction of sp³-hybridized carbons (Fsp3) is 0.222. The molecule has 0 aliphatic rings. The maximum Gasteiger partial charge on any atom is 0.106 e. The van der Waals surface area contributed by atoms with Crippen LogP contribution in [-0.2, 0) is 6.54 Å². The number of pyridine rings is 1. The number of hydrogen-bond donors (Lipinski definition) is 1. The van der Waals surface area contributed by atoms with Crippen LogP contribution in [0.25, 0.3) is 0 Å². The average Bonchev–Trinajstić information content (AvgIpc) is 2.03. The second-order valence-electron chi connectivity index (χ2n) is 2.57. The monoisotopic (exact) mass is 260 g/mol. The maximum atomic E-state index is 5.59. The average molecular weight is 262 g/mol. The molecule has 1 N–H and O–H groups in total. The van der Waals surface area contributed by atoms with Gasteiger partial charge in [0.05, 0.1) is 5.69 Å². The minimum Gasteiger partial charge on any atom is -0.306 e. The molecule has 0 spiro atoms. The zero-order chi connectivity index (χ0) is 9.68. The van der Waals surface area contributed by atoms with Crippen molar-refractivity contribution in [2.45, 2.75) is 6.54 Å². The van der Waals surface area contributed by atoms with Gasteiger partial charge in [-0.2, -0.15) is 0 Å². The number of nitrogens with zero attached hydrogens (tertiary/aromatic N) is 1. The largest absolute Gasteiger partial charge is 0.306 e. The quantitative estimate of drug-likeness (QED) is 0.843. The van der Waals surface area contributed by atoms with E-state index >= 15 is 0 Å². The molecule has 0 aliphatic carbocycles. The second-order valence-corrected chi connectivity index (χ2v) is 3.92. The van der Waals surface area contributed by atoms with Gasteiger partial charge in [-0.05, 0) is 28.1 Å². The molecular weight excluding hydrogens is 251 g/mol. The third-order valence-corrected chi connectivity index (χ3v) is 1.97. The fourth-order valence-corrected chi connectivity index (χ4v) is 1.35. The number of hydrogen-bond acceptors (Lipinski definition) is 2. The summed E-state index contributed by atoms with van der Waals surface area (Å²) in [5.74, 6) is 0. The van der Waals surface area contributed by atoms with Gasteiger partial charge in [0.2, 0.25) is 0 Å². The van der Waals surface area contributed by atoms with Crippen molar-refractivity contribution in [2.24, 2.45) is 0 Å². The van der Waals surface area contributed by atoms with Crippen LogP contribution >= 0.6 is 27.5 Å². The smallest absolute Gasteiger partial charge is 0.106 e. The lowest BCUT2D eigenvalue weighted by molar-refractivity contribution is 0.734. The van der Waals surface area contributed by atoms with E-state index in [9.17, 15) is 0 Å². The molecule has 1 aromatic heterocycles. The van der Waals surface area contributed by atoms with E-state index < -0.39 is 0 Å². The Bertz CT molecular complexity index is 301. The van der Waals surface area contributed by atoms with Crippen LogP contribution in [0.5, 0.6) is 0 Å². The van der Waals surface area contributed by atoms with E-state index in [0.717, 1.165) is 10.3 Å².